The second kappa shape index (κ2) is 4.59. The molecule has 1 rings (SSSR count). The molecule has 1 unspecified atom stereocenters. The number of carbonyl (C=O) groups is 2. The zero-order valence-corrected chi connectivity index (χ0v) is 11.0. The Bertz CT molecular complexity index is 385. The lowest BCUT2D eigenvalue weighted by atomic mass is 9.69. The lowest BCUT2D eigenvalue weighted by Crippen LogP contribution is -2.71. The summed E-state index contributed by atoms with van der Waals surface area (Å²) in [6.07, 6.45) is -4.59. The Kier molecular flexibility index (Phi) is 3.77. The number of alkyl halides is 2. The molecule has 0 saturated heterocycles. The van der Waals surface area contributed by atoms with Crippen LogP contribution in [0.5, 0.6) is 0 Å². The van der Waals surface area contributed by atoms with E-state index in [2.05, 4.69) is 5.32 Å². The molecule has 1 aliphatic carbocycles. The molecule has 4 N–H and O–H groups in total. The van der Waals surface area contributed by atoms with Gasteiger partial charge in [0, 0.05) is 12.8 Å². The Morgan fingerprint density at radius 2 is 1.84 bits per heavy atom. The van der Waals surface area contributed by atoms with Gasteiger partial charge < -0.3 is 20.9 Å². The first-order valence-corrected chi connectivity index (χ1v) is 5.73. The van der Waals surface area contributed by atoms with Crippen molar-refractivity contribution in [1.82, 2.24) is 5.32 Å². The predicted molar refractivity (Wildman–Crippen MR) is 61.5 cm³/mol. The van der Waals surface area contributed by atoms with Crippen molar-refractivity contribution < 1.29 is 28.2 Å². The molecule has 19 heavy (non-hydrogen) atoms. The van der Waals surface area contributed by atoms with Gasteiger partial charge in [0.1, 0.15) is 5.60 Å². The third-order valence-electron chi connectivity index (χ3n) is 2.69. The number of rotatable bonds is 3. The Morgan fingerprint density at radius 1 is 1.37 bits per heavy atom. The third kappa shape index (κ3) is 3.76. The first kappa shape index (κ1) is 15.6. The summed E-state index contributed by atoms with van der Waals surface area (Å²) in [5, 5.41) is 11.7. The van der Waals surface area contributed by atoms with Crippen LogP contribution in [0.25, 0.3) is 0 Å². The summed E-state index contributed by atoms with van der Waals surface area (Å²) in [6, 6.07) is 0. The molecule has 1 aliphatic rings. The monoisotopic (exact) mass is 280 g/mol. The van der Waals surface area contributed by atoms with E-state index in [4.69, 9.17) is 10.5 Å². The normalized spacial score (nSPS) is 22.0. The number of hydrogen-bond donors (Lipinski definition) is 3. The molecular weight excluding hydrogens is 262 g/mol. The summed E-state index contributed by atoms with van der Waals surface area (Å²) in [6.45, 7) is 4.79. The maximum Gasteiger partial charge on any atom is 0.408 e. The molecule has 0 aromatic rings. The molecule has 2 amide bonds. The second-order valence-electron chi connectivity index (χ2n) is 5.80. The SMILES string of the molecule is CC(C)(C)OC(=O)NC1(C(O)C(N)=O)CC(F)(F)C1. The van der Waals surface area contributed by atoms with Gasteiger partial charge in [0.2, 0.25) is 5.91 Å². The van der Waals surface area contributed by atoms with E-state index in [0.29, 0.717) is 0 Å². The van der Waals surface area contributed by atoms with E-state index in [1.165, 1.54) is 0 Å². The number of alkyl carbamates (subject to hydrolysis) is 1. The Morgan fingerprint density at radius 3 is 2.16 bits per heavy atom. The number of nitrogens with two attached hydrogens (primary N) is 1. The minimum Gasteiger partial charge on any atom is -0.444 e. The van der Waals surface area contributed by atoms with Crippen LogP contribution in [-0.4, -0.2) is 40.3 Å². The molecule has 8 heteroatoms. The minimum atomic E-state index is -3.05. The molecule has 1 fully saturated rings. The number of halogens is 2. The quantitative estimate of drug-likeness (QED) is 0.701. The zero-order chi connectivity index (χ0) is 15.1. The summed E-state index contributed by atoms with van der Waals surface area (Å²) in [5.74, 6) is -4.22. The first-order chi connectivity index (χ1) is 8.37. The molecule has 0 spiro atoms. The topological polar surface area (TPSA) is 102 Å². The highest BCUT2D eigenvalue weighted by Crippen LogP contribution is 2.47. The maximum absolute atomic E-state index is 13.0. The second-order valence-corrected chi connectivity index (χ2v) is 5.80. The average Bonchev–Trinajstić information content (AvgIpc) is 2.09. The largest absolute Gasteiger partial charge is 0.444 e. The van der Waals surface area contributed by atoms with Crippen molar-refractivity contribution in [2.45, 2.75) is 56.8 Å². The highest BCUT2D eigenvalue weighted by Gasteiger charge is 2.62. The van der Waals surface area contributed by atoms with E-state index >= 15 is 0 Å². The molecule has 1 atom stereocenters. The van der Waals surface area contributed by atoms with Crippen LogP contribution in [0.15, 0.2) is 0 Å². The fraction of sp³-hybridized carbons (Fsp3) is 0.818. The molecule has 110 valence electrons. The minimum absolute atomic E-state index is 0.824. The summed E-state index contributed by atoms with van der Waals surface area (Å²) < 4.78 is 30.9. The molecule has 6 nitrogen and oxygen atoms in total. The van der Waals surface area contributed by atoms with Crippen LogP contribution in [0.4, 0.5) is 13.6 Å². The van der Waals surface area contributed by atoms with Gasteiger partial charge in [0.05, 0.1) is 5.54 Å². The molecule has 0 bridgehead atoms. The van der Waals surface area contributed by atoms with Gasteiger partial charge in [-0.1, -0.05) is 0 Å². The highest BCUT2D eigenvalue weighted by molar-refractivity contribution is 5.82. The number of amides is 2. The van der Waals surface area contributed by atoms with Gasteiger partial charge in [-0.15, -0.1) is 0 Å². The van der Waals surface area contributed by atoms with Gasteiger partial charge in [-0.25, -0.2) is 13.6 Å². The van der Waals surface area contributed by atoms with Crippen LogP contribution in [0.3, 0.4) is 0 Å². The standard InChI is InChI=1S/C11H18F2N2O4/c1-9(2,3)19-8(18)15-10(6(16)7(14)17)4-11(12,13)5-10/h6,16H,4-5H2,1-3H3,(H2,14,17)(H,15,18). The van der Waals surface area contributed by atoms with Crippen molar-refractivity contribution in [2.24, 2.45) is 5.73 Å². The fourth-order valence-electron chi connectivity index (χ4n) is 2.00. The lowest BCUT2D eigenvalue weighted by molar-refractivity contribution is -0.172. The number of hydrogen-bond acceptors (Lipinski definition) is 4. The van der Waals surface area contributed by atoms with Crippen LogP contribution in [-0.2, 0) is 9.53 Å². The van der Waals surface area contributed by atoms with E-state index in [-0.39, 0.29) is 0 Å². The van der Waals surface area contributed by atoms with E-state index in [1.54, 1.807) is 20.8 Å². The molecule has 0 aromatic carbocycles. The number of ether oxygens (including phenoxy) is 1. The number of aliphatic hydroxyl groups excluding tert-OH is 1. The smallest absolute Gasteiger partial charge is 0.408 e. The van der Waals surface area contributed by atoms with Gasteiger partial charge in [0.15, 0.2) is 6.10 Å². The number of nitrogens with one attached hydrogen (secondary N) is 1. The molecular formula is C11H18F2N2O4. The van der Waals surface area contributed by atoms with Crippen molar-refractivity contribution in [3.05, 3.63) is 0 Å². The van der Waals surface area contributed by atoms with Gasteiger partial charge in [-0.3, -0.25) is 4.79 Å². The van der Waals surface area contributed by atoms with Crippen molar-refractivity contribution in [3.8, 4) is 0 Å². The number of carbonyl (C=O) groups excluding carboxylic acids is 2. The maximum atomic E-state index is 13.0. The molecule has 0 aromatic heterocycles. The molecule has 0 heterocycles. The summed E-state index contributed by atoms with van der Waals surface area (Å²) in [4.78, 5) is 22.5. The van der Waals surface area contributed by atoms with Crippen molar-refractivity contribution in [2.75, 3.05) is 0 Å². The van der Waals surface area contributed by atoms with Gasteiger partial charge in [-0.2, -0.15) is 0 Å². The van der Waals surface area contributed by atoms with E-state index < -0.39 is 48.0 Å². The van der Waals surface area contributed by atoms with Crippen LogP contribution >= 0.6 is 0 Å². The number of aliphatic hydroxyl groups is 1. The van der Waals surface area contributed by atoms with E-state index in [0.717, 1.165) is 0 Å². The van der Waals surface area contributed by atoms with Crippen LogP contribution in [0.2, 0.25) is 0 Å². The van der Waals surface area contributed by atoms with Gasteiger partial charge in [0.25, 0.3) is 5.92 Å². The van der Waals surface area contributed by atoms with Crippen LogP contribution in [0.1, 0.15) is 33.6 Å². The van der Waals surface area contributed by atoms with Crippen molar-refractivity contribution in [1.29, 1.82) is 0 Å². The Hall–Kier alpha value is -1.44. The summed E-state index contributed by atoms with van der Waals surface area (Å²) in [5.41, 5.74) is 2.31. The zero-order valence-electron chi connectivity index (χ0n) is 11.0. The van der Waals surface area contributed by atoms with Gasteiger partial charge in [-0.05, 0) is 20.8 Å². The number of primary amides is 1. The molecule has 0 radical (unpaired) electrons. The molecule has 1 saturated carbocycles. The Labute approximate surface area is 109 Å². The van der Waals surface area contributed by atoms with E-state index in [1.807, 2.05) is 0 Å². The third-order valence-corrected chi connectivity index (χ3v) is 2.69. The van der Waals surface area contributed by atoms with Gasteiger partial charge >= 0.3 is 6.09 Å². The fourth-order valence-corrected chi connectivity index (χ4v) is 2.00. The average molecular weight is 280 g/mol. The molecule has 0 aliphatic heterocycles. The summed E-state index contributed by atoms with van der Waals surface area (Å²) in [7, 11) is 0. The van der Waals surface area contributed by atoms with Crippen molar-refractivity contribution in [3.63, 3.8) is 0 Å². The van der Waals surface area contributed by atoms with Crippen LogP contribution in [0, 0.1) is 0 Å². The lowest BCUT2D eigenvalue weighted by Gasteiger charge is -2.49. The van der Waals surface area contributed by atoms with Crippen molar-refractivity contribution >= 4 is 12.0 Å². The van der Waals surface area contributed by atoms with Crippen LogP contribution < -0.4 is 11.1 Å². The highest BCUT2D eigenvalue weighted by atomic mass is 19.3. The Balaban J connectivity index is 2.78. The predicted octanol–water partition coefficient (Wildman–Crippen LogP) is 0.525. The summed E-state index contributed by atoms with van der Waals surface area (Å²) >= 11 is 0. The van der Waals surface area contributed by atoms with E-state index in [9.17, 15) is 23.5 Å². The first-order valence-electron chi connectivity index (χ1n) is 5.73.